The first-order chi connectivity index (χ1) is 9.50. The minimum absolute atomic E-state index is 0.0655. The topological polar surface area (TPSA) is 83.6 Å². The first-order valence-corrected chi connectivity index (χ1v) is 7.01. The number of carboxylic acid groups (broad SMARTS) is 1. The molecule has 6 nitrogen and oxygen atoms in total. The van der Waals surface area contributed by atoms with E-state index in [1.54, 1.807) is 4.90 Å². The average Bonchev–Trinajstić information content (AvgIpc) is 2.81. The summed E-state index contributed by atoms with van der Waals surface area (Å²) in [6.45, 7) is 3.92. The fourth-order valence-electron chi connectivity index (χ4n) is 2.50. The lowest BCUT2D eigenvalue weighted by Gasteiger charge is -2.25. The van der Waals surface area contributed by atoms with Crippen molar-refractivity contribution in [3.05, 3.63) is 17.0 Å². The van der Waals surface area contributed by atoms with Crippen molar-refractivity contribution in [2.24, 2.45) is 0 Å². The summed E-state index contributed by atoms with van der Waals surface area (Å²) in [7, 11) is 0. The Hall–Kier alpha value is -1.85. The molecule has 1 heterocycles. The Morgan fingerprint density at radius 2 is 2.05 bits per heavy atom. The van der Waals surface area contributed by atoms with Crippen LogP contribution in [0.25, 0.3) is 0 Å². The highest BCUT2D eigenvalue weighted by molar-refractivity contribution is 5.94. The second-order valence-corrected chi connectivity index (χ2v) is 5.38. The summed E-state index contributed by atoms with van der Waals surface area (Å²) in [6.07, 6.45) is 3.66. The molecule has 0 fully saturated rings. The predicted octanol–water partition coefficient (Wildman–Crippen LogP) is 1.88. The molecule has 0 unspecified atom stereocenters. The minimum Gasteiger partial charge on any atom is -0.481 e. The van der Waals surface area contributed by atoms with Crippen molar-refractivity contribution in [2.75, 3.05) is 6.54 Å². The fourth-order valence-corrected chi connectivity index (χ4v) is 2.50. The molecule has 110 valence electrons. The minimum atomic E-state index is -0.911. The van der Waals surface area contributed by atoms with Crippen LogP contribution < -0.4 is 0 Å². The quantitative estimate of drug-likeness (QED) is 0.890. The van der Waals surface area contributed by atoms with Crippen LogP contribution in [0.15, 0.2) is 4.52 Å². The van der Waals surface area contributed by atoms with E-state index >= 15 is 0 Å². The van der Waals surface area contributed by atoms with Crippen molar-refractivity contribution in [1.29, 1.82) is 0 Å². The van der Waals surface area contributed by atoms with Gasteiger partial charge in [-0.2, -0.15) is 0 Å². The molecule has 1 N–H and O–H groups in total. The van der Waals surface area contributed by atoms with E-state index in [2.05, 4.69) is 5.16 Å². The third kappa shape index (κ3) is 3.00. The highest BCUT2D eigenvalue weighted by Gasteiger charge is 2.28. The molecule has 1 aromatic rings. The molecule has 0 saturated carbocycles. The molecule has 0 atom stereocenters. The number of aliphatic carboxylic acids is 1. The summed E-state index contributed by atoms with van der Waals surface area (Å²) in [4.78, 5) is 24.8. The van der Waals surface area contributed by atoms with Crippen LogP contribution in [0, 0.1) is 0 Å². The summed E-state index contributed by atoms with van der Waals surface area (Å²) < 4.78 is 5.25. The maximum Gasteiger partial charge on any atom is 0.305 e. The van der Waals surface area contributed by atoms with Gasteiger partial charge in [-0.1, -0.05) is 5.16 Å². The van der Waals surface area contributed by atoms with E-state index in [1.807, 2.05) is 13.8 Å². The summed E-state index contributed by atoms with van der Waals surface area (Å²) in [5.41, 5.74) is 1.26. The lowest BCUT2D eigenvalue weighted by molar-refractivity contribution is -0.137. The summed E-state index contributed by atoms with van der Waals surface area (Å²) in [6, 6.07) is -0.0715. The van der Waals surface area contributed by atoms with E-state index in [1.165, 1.54) is 0 Å². The van der Waals surface area contributed by atoms with Crippen molar-refractivity contribution in [3.8, 4) is 0 Å². The molecule has 1 aromatic heterocycles. The Morgan fingerprint density at radius 1 is 1.35 bits per heavy atom. The maximum atomic E-state index is 12.5. The molecular weight excluding hydrogens is 260 g/mol. The van der Waals surface area contributed by atoms with E-state index in [-0.39, 0.29) is 24.9 Å². The average molecular weight is 280 g/mol. The normalized spacial score (nSPS) is 14.2. The zero-order chi connectivity index (χ0) is 14.7. The lowest BCUT2D eigenvalue weighted by Crippen LogP contribution is -2.39. The van der Waals surface area contributed by atoms with Gasteiger partial charge in [0.25, 0.3) is 5.91 Å². The largest absolute Gasteiger partial charge is 0.481 e. The van der Waals surface area contributed by atoms with Gasteiger partial charge in [-0.3, -0.25) is 9.59 Å². The molecule has 6 heteroatoms. The smallest absolute Gasteiger partial charge is 0.305 e. The fraction of sp³-hybridized carbons (Fsp3) is 0.643. The number of carbonyl (C=O) groups is 2. The van der Waals surface area contributed by atoms with Crippen molar-refractivity contribution in [1.82, 2.24) is 10.1 Å². The van der Waals surface area contributed by atoms with Crippen LogP contribution in [0.1, 0.15) is 54.9 Å². The molecule has 2 rings (SSSR count). The van der Waals surface area contributed by atoms with Crippen LogP contribution in [0.4, 0.5) is 0 Å². The molecule has 1 amide bonds. The number of hydrogen-bond donors (Lipinski definition) is 1. The van der Waals surface area contributed by atoms with Crippen LogP contribution in [-0.4, -0.2) is 39.6 Å². The molecule has 1 aliphatic rings. The van der Waals surface area contributed by atoms with Gasteiger partial charge in [0, 0.05) is 24.6 Å². The second kappa shape index (κ2) is 6.07. The Bertz CT molecular complexity index is 507. The number of carbonyl (C=O) groups excluding carboxylic acids is 1. The van der Waals surface area contributed by atoms with E-state index in [0.717, 1.165) is 37.0 Å². The zero-order valence-electron chi connectivity index (χ0n) is 11.9. The lowest BCUT2D eigenvalue weighted by atomic mass is 9.96. The molecule has 20 heavy (non-hydrogen) atoms. The monoisotopic (exact) mass is 280 g/mol. The number of aromatic nitrogens is 1. The van der Waals surface area contributed by atoms with Crippen LogP contribution in [0.5, 0.6) is 0 Å². The number of hydrogen-bond acceptors (Lipinski definition) is 4. The summed E-state index contributed by atoms with van der Waals surface area (Å²) in [5.74, 6) is -0.333. The molecule has 0 aliphatic heterocycles. The van der Waals surface area contributed by atoms with Crippen LogP contribution >= 0.6 is 0 Å². The summed E-state index contributed by atoms with van der Waals surface area (Å²) >= 11 is 0. The van der Waals surface area contributed by atoms with E-state index in [9.17, 15) is 9.59 Å². The number of aryl methyl sites for hydroxylation is 1. The standard InChI is InChI=1S/C14H20N2O4/c1-9(2)16(8-7-12(17)18)14(19)13-10-5-3-4-6-11(10)20-15-13/h9H,3-8H2,1-2H3,(H,17,18). The van der Waals surface area contributed by atoms with Crippen LogP contribution in [0.3, 0.4) is 0 Å². The highest BCUT2D eigenvalue weighted by Crippen LogP contribution is 2.25. The first kappa shape index (κ1) is 14.6. The van der Waals surface area contributed by atoms with Crippen molar-refractivity contribution < 1.29 is 19.2 Å². The van der Waals surface area contributed by atoms with E-state index in [4.69, 9.17) is 9.63 Å². The van der Waals surface area contributed by atoms with Crippen LogP contribution in [0.2, 0.25) is 0 Å². The Labute approximate surface area is 117 Å². The molecule has 0 bridgehead atoms. The zero-order valence-corrected chi connectivity index (χ0v) is 11.9. The van der Waals surface area contributed by atoms with Gasteiger partial charge in [-0.25, -0.2) is 0 Å². The van der Waals surface area contributed by atoms with Gasteiger partial charge < -0.3 is 14.5 Å². The Morgan fingerprint density at radius 3 is 2.70 bits per heavy atom. The summed E-state index contributed by atoms with van der Waals surface area (Å²) in [5, 5.41) is 12.7. The van der Waals surface area contributed by atoms with Crippen molar-refractivity contribution in [3.63, 3.8) is 0 Å². The molecule has 0 spiro atoms. The Kier molecular flexibility index (Phi) is 4.42. The van der Waals surface area contributed by atoms with Gasteiger partial charge in [0.1, 0.15) is 5.76 Å². The van der Waals surface area contributed by atoms with Crippen molar-refractivity contribution >= 4 is 11.9 Å². The number of rotatable bonds is 5. The highest BCUT2D eigenvalue weighted by atomic mass is 16.5. The first-order valence-electron chi connectivity index (χ1n) is 7.01. The SMILES string of the molecule is CC(C)N(CCC(=O)O)C(=O)c1noc2c1CCCC2. The van der Waals surface area contributed by atoms with E-state index < -0.39 is 5.97 Å². The third-order valence-electron chi connectivity index (χ3n) is 3.60. The molecular formula is C14H20N2O4. The third-order valence-corrected chi connectivity index (χ3v) is 3.60. The second-order valence-electron chi connectivity index (χ2n) is 5.38. The van der Waals surface area contributed by atoms with Gasteiger partial charge in [0.05, 0.1) is 6.42 Å². The van der Waals surface area contributed by atoms with Gasteiger partial charge in [0.15, 0.2) is 5.69 Å². The predicted molar refractivity (Wildman–Crippen MR) is 71.6 cm³/mol. The molecule has 0 saturated heterocycles. The number of amides is 1. The van der Waals surface area contributed by atoms with Gasteiger partial charge in [0.2, 0.25) is 0 Å². The molecule has 0 aromatic carbocycles. The van der Waals surface area contributed by atoms with Gasteiger partial charge in [-0.05, 0) is 33.1 Å². The number of nitrogens with zero attached hydrogens (tertiary/aromatic N) is 2. The Balaban J connectivity index is 2.19. The maximum absolute atomic E-state index is 12.5. The number of fused-ring (bicyclic) bond motifs is 1. The van der Waals surface area contributed by atoms with Gasteiger partial charge >= 0.3 is 5.97 Å². The molecule has 1 aliphatic carbocycles. The van der Waals surface area contributed by atoms with Crippen molar-refractivity contribution in [2.45, 2.75) is 52.0 Å². The molecule has 0 radical (unpaired) electrons. The van der Waals surface area contributed by atoms with Crippen LogP contribution in [-0.2, 0) is 17.6 Å². The van der Waals surface area contributed by atoms with Gasteiger partial charge in [-0.15, -0.1) is 0 Å². The number of carboxylic acids is 1. The van der Waals surface area contributed by atoms with E-state index in [0.29, 0.717) is 5.69 Å².